The molecule has 0 aliphatic rings. The highest BCUT2D eigenvalue weighted by atomic mass is 79.9. The highest BCUT2D eigenvalue weighted by molar-refractivity contribution is 9.10. The number of aromatic hydroxyl groups is 1. The van der Waals surface area contributed by atoms with Gasteiger partial charge in [0.25, 0.3) is 0 Å². The van der Waals surface area contributed by atoms with Gasteiger partial charge in [0.05, 0.1) is 19.5 Å². The molecule has 0 bridgehead atoms. The van der Waals surface area contributed by atoms with Crippen molar-refractivity contribution in [1.82, 2.24) is 0 Å². The van der Waals surface area contributed by atoms with Crippen LogP contribution in [0, 0.1) is 5.82 Å². The van der Waals surface area contributed by atoms with Crippen molar-refractivity contribution in [2.75, 3.05) is 19.5 Å². The molecule has 0 aliphatic carbocycles. The summed E-state index contributed by atoms with van der Waals surface area (Å²) in [7, 11) is 2.93. The van der Waals surface area contributed by atoms with Gasteiger partial charge in [-0.25, -0.2) is 4.39 Å². The Hall–Kier alpha value is -2.91. The lowest BCUT2D eigenvalue weighted by atomic mass is 10.1. The van der Waals surface area contributed by atoms with Gasteiger partial charge < -0.3 is 19.3 Å². The van der Waals surface area contributed by atoms with Gasteiger partial charge >= 0.3 is 0 Å². The van der Waals surface area contributed by atoms with Crippen molar-refractivity contribution < 1.29 is 33.3 Å². The van der Waals surface area contributed by atoms with Crippen molar-refractivity contribution in [3.8, 4) is 23.0 Å². The number of rotatable bonds is 8. The van der Waals surface area contributed by atoms with E-state index in [1.54, 1.807) is 36.4 Å². The molecule has 6 nitrogen and oxygen atoms in total. The Morgan fingerprint density at radius 2 is 1.56 bits per heavy atom. The fourth-order valence-electron chi connectivity index (χ4n) is 2.73. The predicted octanol–water partition coefficient (Wildman–Crippen LogP) is 6.36. The third-order valence-corrected chi connectivity index (χ3v) is 5.59. The number of ether oxygens (including phenoxy) is 3. The second-order valence-electron chi connectivity index (χ2n) is 6.89. The van der Waals surface area contributed by atoms with Crippen LogP contribution in [0.3, 0.4) is 0 Å². The quantitative estimate of drug-likeness (QED) is 0.240. The maximum atomic E-state index is 13.8. The van der Waals surface area contributed by atoms with Gasteiger partial charge in [-0.05, 0) is 55.5 Å². The Labute approximate surface area is 213 Å². The fraction of sp³-hybridized carbons (Fsp3) is 0.200. The number of benzene rings is 3. The van der Waals surface area contributed by atoms with Crippen molar-refractivity contribution in [3.05, 3.63) is 81.6 Å². The first-order valence-corrected chi connectivity index (χ1v) is 11.8. The zero-order valence-corrected chi connectivity index (χ0v) is 21.9. The summed E-state index contributed by atoms with van der Waals surface area (Å²) in [4.78, 5) is 22.5. The second-order valence-corrected chi connectivity index (χ2v) is 8.37. The van der Waals surface area contributed by atoms with Gasteiger partial charge in [-0.1, -0.05) is 37.9 Å². The molecule has 9 heteroatoms. The summed E-state index contributed by atoms with van der Waals surface area (Å²) in [6, 6.07) is 14.2. The molecule has 34 heavy (non-hydrogen) atoms. The number of methoxy groups -OCH3 is 2. The minimum Gasteiger partial charge on any atom is -0.504 e. The second kappa shape index (κ2) is 13.1. The molecule has 180 valence electrons. The van der Waals surface area contributed by atoms with E-state index < -0.39 is 0 Å². The molecule has 0 heterocycles. The average molecular weight is 598 g/mol. The van der Waals surface area contributed by atoms with Gasteiger partial charge in [-0.2, -0.15) is 0 Å². The van der Waals surface area contributed by atoms with Crippen LogP contribution in [0.1, 0.15) is 33.2 Å². The van der Waals surface area contributed by atoms with E-state index in [-0.39, 0.29) is 35.1 Å². The number of ketones is 2. The largest absolute Gasteiger partial charge is 0.504 e. The number of Topliss-reactive ketones (excluding diaryl/α,β-unsaturated/α-hetero) is 2. The van der Waals surface area contributed by atoms with Crippen LogP contribution < -0.4 is 14.2 Å². The van der Waals surface area contributed by atoms with Gasteiger partial charge in [0.15, 0.2) is 34.6 Å². The third kappa shape index (κ3) is 7.56. The molecule has 1 N–H and O–H groups in total. The van der Waals surface area contributed by atoms with E-state index in [9.17, 15) is 19.1 Å². The highest BCUT2D eigenvalue weighted by Crippen LogP contribution is 2.30. The number of carbonyl (C=O) groups is 2. The van der Waals surface area contributed by atoms with Crippen LogP contribution in [-0.4, -0.2) is 36.2 Å². The average Bonchev–Trinajstić information content (AvgIpc) is 2.83. The Balaban J connectivity index is 0.000000287. The maximum absolute atomic E-state index is 13.8. The van der Waals surface area contributed by atoms with Crippen molar-refractivity contribution >= 4 is 43.4 Å². The topological polar surface area (TPSA) is 82.1 Å². The molecule has 0 atom stereocenters. The first-order chi connectivity index (χ1) is 16.2. The Morgan fingerprint density at radius 3 is 2.15 bits per heavy atom. The summed E-state index contributed by atoms with van der Waals surface area (Å²) in [6.07, 6.45) is 0. The molecule has 0 amide bonds. The lowest BCUT2D eigenvalue weighted by Gasteiger charge is -2.12. The number of hydrogen-bond donors (Lipinski definition) is 1. The van der Waals surface area contributed by atoms with Gasteiger partial charge in [0.1, 0.15) is 12.4 Å². The molecular formula is C25H23Br2FO6. The summed E-state index contributed by atoms with van der Waals surface area (Å²) in [5.41, 5.74) is 1.49. The van der Waals surface area contributed by atoms with Gasteiger partial charge in [0, 0.05) is 21.2 Å². The Bertz CT molecular complexity index is 1170. The van der Waals surface area contributed by atoms with E-state index in [2.05, 4.69) is 31.9 Å². The first kappa shape index (κ1) is 27.3. The van der Waals surface area contributed by atoms with Crippen molar-refractivity contribution in [2.45, 2.75) is 13.5 Å². The lowest BCUT2D eigenvalue weighted by molar-refractivity contribution is 0.101. The number of carbonyl (C=O) groups excluding carboxylic acids is 2. The lowest BCUT2D eigenvalue weighted by Crippen LogP contribution is -2.03. The minimum atomic E-state index is -0.348. The molecule has 0 unspecified atom stereocenters. The van der Waals surface area contributed by atoms with Crippen LogP contribution in [0.4, 0.5) is 4.39 Å². The summed E-state index contributed by atoms with van der Waals surface area (Å²) in [5.74, 6) is 0.807. The van der Waals surface area contributed by atoms with Gasteiger partial charge in [0.2, 0.25) is 0 Å². The van der Waals surface area contributed by atoms with Gasteiger partial charge in [-0.15, -0.1) is 0 Å². The zero-order chi connectivity index (χ0) is 25.3. The molecule has 0 spiro atoms. The van der Waals surface area contributed by atoms with Crippen molar-refractivity contribution in [1.29, 1.82) is 0 Å². The summed E-state index contributed by atoms with van der Waals surface area (Å²) in [5, 5.41) is 9.42. The first-order valence-electron chi connectivity index (χ1n) is 9.92. The molecule has 0 radical (unpaired) electrons. The summed E-state index contributed by atoms with van der Waals surface area (Å²) >= 11 is 6.33. The standard InChI is InChI=1S/C16H13Br2FO3.C9H10O3/c1-21-16-6-10(14(20)8-17)3-5-15(16)22-9-11-2-4-12(18)7-13(11)19;1-6(10)7-3-4-8(11)9(5-7)12-2/h2-7H,8-9H2,1H3;3-5,11H,1-2H3. The van der Waals surface area contributed by atoms with E-state index in [4.69, 9.17) is 14.2 Å². The van der Waals surface area contributed by atoms with Crippen LogP contribution in [0.25, 0.3) is 0 Å². The molecule has 0 aromatic heterocycles. The maximum Gasteiger partial charge on any atom is 0.173 e. The van der Waals surface area contributed by atoms with E-state index in [0.717, 1.165) is 0 Å². The monoisotopic (exact) mass is 596 g/mol. The van der Waals surface area contributed by atoms with E-state index >= 15 is 0 Å². The molecule has 0 saturated heterocycles. The smallest absolute Gasteiger partial charge is 0.173 e. The van der Waals surface area contributed by atoms with Gasteiger partial charge in [-0.3, -0.25) is 9.59 Å². The third-order valence-electron chi connectivity index (χ3n) is 4.59. The Kier molecular flexibility index (Phi) is 10.5. The number of phenols is 1. The van der Waals surface area contributed by atoms with Crippen LogP contribution in [-0.2, 0) is 6.61 Å². The highest BCUT2D eigenvalue weighted by Gasteiger charge is 2.11. The van der Waals surface area contributed by atoms with Crippen LogP contribution in [0.2, 0.25) is 0 Å². The van der Waals surface area contributed by atoms with Crippen LogP contribution in [0.5, 0.6) is 23.0 Å². The molecular weight excluding hydrogens is 575 g/mol. The molecule has 0 aliphatic heterocycles. The van der Waals surface area contributed by atoms with E-state index in [1.807, 2.05) is 0 Å². The molecule has 3 rings (SSSR count). The summed E-state index contributed by atoms with van der Waals surface area (Å²) in [6.45, 7) is 1.53. The fourth-order valence-corrected chi connectivity index (χ4v) is 3.39. The normalized spacial score (nSPS) is 10.1. The molecule has 0 saturated carbocycles. The number of phenolic OH excluding ortho intramolecular Hbond substituents is 1. The SMILES string of the molecule is COc1cc(C(=O)CBr)ccc1OCc1ccc(Br)cc1F.COc1cc(C(C)=O)ccc1O. The van der Waals surface area contributed by atoms with Crippen molar-refractivity contribution in [3.63, 3.8) is 0 Å². The number of alkyl halides is 1. The minimum absolute atomic E-state index is 0.0440. The van der Waals surface area contributed by atoms with Crippen molar-refractivity contribution in [2.24, 2.45) is 0 Å². The van der Waals surface area contributed by atoms with Crippen LogP contribution >= 0.6 is 31.9 Å². The van der Waals surface area contributed by atoms with E-state index in [1.165, 1.54) is 39.3 Å². The molecule has 3 aromatic carbocycles. The number of halogens is 3. The van der Waals surface area contributed by atoms with Crippen LogP contribution in [0.15, 0.2) is 59.1 Å². The molecule has 0 fully saturated rings. The summed E-state index contributed by atoms with van der Waals surface area (Å²) < 4.78 is 30.1. The Morgan fingerprint density at radius 1 is 0.912 bits per heavy atom. The number of hydrogen-bond acceptors (Lipinski definition) is 6. The predicted molar refractivity (Wildman–Crippen MR) is 134 cm³/mol. The molecule has 3 aromatic rings. The van der Waals surface area contributed by atoms with E-state index in [0.29, 0.717) is 38.4 Å². The zero-order valence-electron chi connectivity index (χ0n) is 18.7.